The van der Waals surface area contributed by atoms with E-state index in [2.05, 4.69) is 70.2 Å². The Hall–Kier alpha value is -1.78. The van der Waals surface area contributed by atoms with E-state index < -0.39 is 0 Å². The smallest absolute Gasteiger partial charge is 0.465 e. The van der Waals surface area contributed by atoms with Crippen LogP contribution in [0.3, 0.4) is 0 Å². The van der Waals surface area contributed by atoms with Gasteiger partial charge in [0, 0.05) is 5.82 Å². The first-order chi connectivity index (χ1) is 13.3. The SMILES string of the molecule is COc1ccccc1C(CCCCc1ccccc1)B1OC(C)(C)C(C)(C)O1. The summed E-state index contributed by atoms with van der Waals surface area (Å²) >= 11 is 0. The monoisotopic (exact) mass is 380 g/mol. The first-order valence-corrected chi connectivity index (χ1v) is 10.4. The van der Waals surface area contributed by atoms with Crippen LogP contribution in [0.5, 0.6) is 5.75 Å². The van der Waals surface area contributed by atoms with E-state index in [0.29, 0.717) is 0 Å². The van der Waals surface area contributed by atoms with Gasteiger partial charge >= 0.3 is 7.12 Å². The third kappa shape index (κ3) is 4.61. The number of rotatable bonds is 8. The van der Waals surface area contributed by atoms with Gasteiger partial charge in [0.15, 0.2) is 0 Å². The molecule has 3 nitrogen and oxygen atoms in total. The number of ether oxygens (including phenoxy) is 1. The van der Waals surface area contributed by atoms with Crippen molar-refractivity contribution >= 4 is 7.12 Å². The zero-order chi connectivity index (χ0) is 20.2. The van der Waals surface area contributed by atoms with Gasteiger partial charge in [-0.15, -0.1) is 0 Å². The van der Waals surface area contributed by atoms with Crippen molar-refractivity contribution in [2.24, 2.45) is 0 Å². The lowest BCUT2D eigenvalue weighted by Crippen LogP contribution is -2.41. The number of hydrogen-bond donors (Lipinski definition) is 0. The van der Waals surface area contributed by atoms with E-state index in [9.17, 15) is 0 Å². The molecular formula is C24H33BO3. The van der Waals surface area contributed by atoms with Gasteiger partial charge < -0.3 is 14.0 Å². The molecule has 0 aromatic heterocycles. The molecule has 150 valence electrons. The van der Waals surface area contributed by atoms with Gasteiger partial charge in [-0.2, -0.15) is 0 Å². The van der Waals surface area contributed by atoms with E-state index in [1.165, 1.54) is 11.1 Å². The van der Waals surface area contributed by atoms with Gasteiger partial charge in [-0.3, -0.25) is 0 Å². The summed E-state index contributed by atoms with van der Waals surface area (Å²) in [5.74, 6) is 1.05. The zero-order valence-corrected chi connectivity index (χ0v) is 17.9. The molecule has 0 saturated carbocycles. The van der Waals surface area contributed by atoms with Crippen LogP contribution >= 0.6 is 0 Å². The molecule has 2 aromatic carbocycles. The van der Waals surface area contributed by atoms with Gasteiger partial charge in [-0.25, -0.2) is 0 Å². The van der Waals surface area contributed by atoms with Crippen molar-refractivity contribution in [2.75, 3.05) is 7.11 Å². The number of hydrogen-bond acceptors (Lipinski definition) is 3. The van der Waals surface area contributed by atoms with Crippen LogP contribution in [0.4, 0.5) is 0 Å². The Morgan fingerprint density at radius 1 is 0.857 bits per heavy atom. The number of methoxy groups -OCH3 is 1. The van der Waals surface area contributed by atoms with Crippen LogP contribution in [0.2, 0.25) is 0 Å². The normalized spacial score (nSPS) is 18.8. The maximum Gasteiger partial charge on any atom is 0.465 e. The van der Waals surface area contributed by atoms with Gasteiger partial charge in [0.1, 0.15) is 5.75 Å². The molecule has 1 aliphatic heterocycles. The highest BCUT2D eigenvalue weighted by Gasteiger charge is 2.54. The standard InChI is InChI=1S/C24H33BO3/c1-23(2)24(3,4)28-25(27-23)21(20-16-10-12-18-22(20)26-5)17-11-9-15-19-13-7-6-8-14-19/h6-8,10,12-14,16,18,21H,9,11,15,17H2,1-5H3. The second kappa shape index (κ2) is 8.71. The highest BCUT2D eigenvalue weighted by Crippen LogP contribution is 2.43. The van der Waals surface area contributed by atoms with Gasteiger partial charge in [0.2, 0.25) is 0 Å². The fourth-order valence-corrected chi connectivity index (χ4v) is 3.80. The molecule has 0 bridgehead atoms. The minimum absolute atomic E-state index is 0.146. The second-order valence-electron chi connectivity index (χ2n) is 8.70. The Bertz CT molecular complexity index is 741. The Kier molecular flexibility index (Phi) is 6.52. The van der Waals surface area contributed by atoms with Gasteiger partial charge in [0.05, 0.1) is 18.3 Å². The summed E-state index contributed by atoms with van der Waals surface area (Å²) in [6, 6.07) is 18.9. The molecule has 1 fully saturated rings. The largest absolute Gasteiger partial charge is 0.496 e. The number of para-hydroxylation sites is 1. The van der Waals surface area contributed by atoms with Crippen molar-refractivity contribution in [2.45, 2.75) is 70.4 Å². The van der Waals surface area contributed by atoms with Crippen LogP contribution < -0.4 is 4.74 Å². The number of benzene rings is 2. The van der Waals surface area contributed by atoms with Crippen LogP contribution in [-0.4, -0.2) is 25.4 Å². The van der Waals surface area contributed by atoms with Crippen LogP contribution in [-0.2, 0) is 15.7 Å². The van der Waals surface area contributed by atoms with E-state index in [1.54, 1.807) is 7.11 Å². The first-order valence-electron chi connectivity index (χ1n) is 10.4. The van der Waals surface area contributed by atoms with E-state index in [4.69, 9.17) is 14.0 Å². The molecule has 0 N–H and O–H groups in total. The fourth-order valence-electron chi connectivity index (χ4n) is 3.80. The molecule has 1 saturated heterocycles. The number of unbranched alkanes of at least 4 members (excludes halogenated alkanes) is 1. The molecule has 1 unspecified atom stereocenters. The lowest BCUT2D eigenvalue weighted by Gasteiger charge is -2.32. The molecule has 3 rings (SSSR count). The molecule has 28 heavy (non-hydrogen) atoms. The van der Waals surface area contributed by atoms with Crippen molar-refractivity contribution in [1.29, 1.82) is 0 Å². The maximum absolute atomic E-state index is 6.42. The average molecular weight is 380 g/mol. The Labute approximate surface area is 170 Å². The van der Waals surface area contributed by atoms with E-state index in [0.717, 1.165) is 31.4 Å². The third-order valence-corrected chi connectivity index (χ3v) is 6.21. The summed E-state index contributed by atoms with van der Waals surface area (Å²) in [5, 5.41) is 0. The quantitative estimate of drug-likeness (QED) is 0.426. The molecule has 2 aromatic rings. The predicted molar refractivity (Wildman–Crippen MR) is 116 cm³/mol. The van der Waals surface area contributed by atoms with E-state index in [-0.39, 0.29) is 24.1 Å². The third-order valence-electron chi connectivity index (χ3n) is 6.21. The molecule has 0 aliphatic carbocycles. The highest BCUT2D eigenvalue weighted by molar-refractivity contribution is 6.47. The molecule has 4 heteroatoms. The molecular weight excluding hydrogens is 347 g/mol. The minimum atomic E-state index is -0.331. The minimum Gasteiger partial charge on any atom is -0.496 e. The predicted octanol–water partition coefficient (Wildman–Crippen LogP) is 5.82. The van der Waals surface area contributed by atoms with Crippen molar-refractivity contribution in [3.8, 4) is 5.75 Å². The van der Waals surface area contributed by atoms with Crippen molar-refractivity contribution in [3.63, 3.8) is 0 Å². The summed E-state index contributed by atoms with van der Waals surface area (Å²) in [5.41, 5.74) is 1.90. The van der Waals surface area contributed by atoms with Crippen LogP contribution in [0, 0.1) is 0 Å². The summed E-state index contributed by atoms with van der Waals surface area (Å²) < 4.78 is 18.5. The summed E-state index contributed by atoms with van der Waals surface area (Å²) in [6.45, 7) is 8.45. The molecule has 0 radical (unpaired) electrons. The molecule has 0 amide bonds. The molecule has 0 spiro atoms. The lowest BCUT2D eigenvalue weighted by molar-refractivity contribution is 0.00578. The van der Waals surface area contributed by atoms with Crippen molar-refractivity contribution in [3.05, 3.63) is 65.7 Å². The van der Waals surface area contributed by atoms with Gasteiger partial charge in [0.25, 0.3) is 0 Å². The molecule has 1 atom stereocenters. The first kappa shape index (κ1) is 20.9. The summed E-state index contributed by atoms with van der Waals surface area (Å²) in [6.07, 6.45) is 4.36. The second-order valence-corrected chi connectivity index (χ2v) is 8.70. The van der Waals surface area contributed by atoms with Crippen LogP contribution in [0.1, 0.15) is 63.9 Å². The summed E-state index contributed by atoms with van der Waals surface area (Å²) in [4.78, 5) is 0. The van der Waals surface area contributed by atoms with Crippen molar-refractivity contribution < 1.29 is 14.0 Å². The van der Waals surface area contributed by atoms with E-state index >= 15 is 0 Å². The molecule has 1 heterocycles. The van der Waals surface area contributed by atoms with Crippen LogP contribution in [0.15, 0.2) is 54.6 Å². The summed E-state index contributed by atoms with van der Waals surface area (Å²) in [7, 11) is 1.47. The highest BCUT2D eigenvalue weighted by atomic mass is 16.7. The Morgan fingerprint density at radius 2 is 1.46 bits per heavy atom. The molecule has 1 aliphatic rings. The lowest BCUT2D eigenvalue weighted by atomic mass is 9.65. The fraction of sp³-hybridized carbons (Fsp3) is 0.500. The Morgan fingerprint density at radius 3 is 2.11 bits per heavy atom. The topological polar surface area (TPSA) is 27.7 Å². The van der Waals surface area contributed by atoms with Gasteiger partial charge in [-0.05, 0) is 64.2 Å². The van der Waals surface area contributed by atoms with Gasteiger partial charge in [-0.1, -0.05) is 55.0 Å². The van der Waals surface area contributed by atoms with E-state index in [1.807, 2.05) is 12.1 Å². The Balaban J connectivity index is 1.74. The van der Waals surface area contributed by atoms with Crippen LogP contribution in [0.25, 0.3) is 0 Å². The maximum atomic E-state index is 6.42. The average Bonchev–Trinajstić information content (AvgIpc) is 2.89. The van der Waals surface area contributed by atoms with Crippen molar-refractivity contribution in [1.82, 2.24) is 0 Å². The number of aryl methyl sites for hydroxylation is 1. The zero-order valence-electron chi connectivity index (χ0n) is 17.9.